The van der Waals surface area contributed by atoms with Crippen molar-refractivity contribution < 1.29 is 23.8 Å². The lowest BCUT2D eigenvalue weighted by Gasteiger charge is -2.13. The SMILES string of the molecule is CCOC(=O)[C@H](C)Oc1ccc2c(c1)O/C(=C/c1c(Cl)cccc1Cl)C2=O. The van der Waals surface area contributed by atoms with Crippen LogP contribution in [0.3, 0.4) is 0 Å². The Balaban J connectivity index is 1.83. The summed E-state index contributed by atoms with van der Waals surface area (Å²) >= 11 is 12.3. The molecule has 1 aliphatic rings. The van der Waals surface area contributed by atoms with Crippen LogP contribution in [0.2, 0.25) is 10.0 Å². The number of rotatable bonds is 5. The fraction of sp³-hybridized carbons (Fsp3) is 0.200. The molecule has 5 nitrogen and oxygen atoms in total. The minimum atomic E-state index is -0.781. The van der Waals surface area contributed by atoms with E-state index >= 15 is 0 Å². The monoisotopic (exact) mass is 406 g/mol. The van der Waals surface area contributed by atoms with Gasteiger partial charge in [-0.1, -0.05) is 29.3 Å². The molecule has 0 unspecified atom stereocenters. The van der Waals surface area contributed by atoms with Crippen LogP contribution in [-0.2, 0) is 9.53 Å². The van der Waals surface area contributed by atoms with Crippen LogP contribution < -0.4 is 9.47 Å². The molecule has 3 rings (SSSR count). The van der Waals surface area contributed by atoms with Gasteiger partial charge >= 0.3 is 5.97 Å². The van der Waals surface area contributed by atoms with E-state index in [4.69, 9.17) is 37.4 Å². The van der Waals surface area contributed by atoms with Gasteiger partial charge < -0.3 is 14.2 Å². The van der Waals surface area contributed by atoms with Crippen LogP contribution in [0.1, 0.15) is 29.8 Å². The predicted molar refractivity (Wildman–Crippen MR) is 103 cm³/mol. The number of carbonyl (C=O) groups excluding carboxylic acids is 2. The molecule has 27 heavy (non-hydrogen) atoms. The molecule has 0 aromatic heterocycles. The number of hydrogen-bond acceptors (Lipinski definition) is 5. The van der Waals surface area contributed by atoms with Crippen molar-refractivity contribution in [3.63, 3.8) is 0 Å². The summed E-state index contributed by atoms with van der Waals surface area (Å²) < 4.78 is 16.1. The molecule has 1 atom stereocenters. The number of Topliss-reactive ketones (excluding diaryl/α,β-unsaturated/α-hetero) is 1. The second-order valence-electron chi connectivity index (χ2n) is 5.75. The summed E-state index contributed by atoms with van der Waals surface area (Å²) in [5.74, 6) is 0.0765. The van der Waals surface area contributed by atoms with E-state index in [0.717, 1.165) is 0 Å². The Hall–Kier alpha value is -2.50. The average Bonchev–Trinajstić information content (AvgIpc) is 2.93. The molecule has 0 amide bonds. The summed E-state index contributed by atoms with van der Waals surface area (Å²) in [4.78, 5) is 24.2. The summed E-state index contributed by atoms with van der Waals surface area (Å²) in [5, 5.41) is 0.823. The molecule has 1 aliphatic heterocycles. The zero-order valence-corrected chi connectivity index (χ0v) is 16.1. The van der Waals surface area contributed by atoms with Crippen molar-refractivity contribution in [2.45, 2.75) is 20.0 Å². The first-order valence-electron chi connectivity index (χ1n) is 8.26. The number of fused-ring (bicyclic) bond motifs is 1. The average molecular weight is 407 g/mol. The Morgan fingerprint density at radius 3 is 2.59 bits per heavy atom. The molecular weight excluding hydrogens is 391 g/mol. The van der Waals surface area contributed by atoms with E-state index in [1.807, 2.05) is 0 Å². The maximum absolute atomic E-state index is 12.6. The number of ether oxygens (including phenoxy) is 3. The van der Waals surface area contributed by atoms with E-state index in [2.05, 4.69) is 0 Å². The largest absolute Gasteiger partial charge is 0.479 e. The van der Waals surface area contributed by atoms with E-state index in [0.29, 0.717) is 32.7 Å². The van der Waals surface area contributed by atoms with Crippen LogP contribution in [0.5, 0.6) is 11.5 Å². The van der Waals surface area contributed by atoms with Crippen molar-refractivity contribution in [3.05, 3.63) is 63.3 Å². The molecule has 0 saturated carbocycles. The zero-order valence-electron chi connectivity index (χ0n) is 14.6. The fourth-order valence-corrected chi connectivity index (χ4v) is 3.04. The van der Waals surface area contributed by atoms with Gasteiger partial charge in [0.1, 0.15) is 11.5 Å². The highest BCUT2D eigenvalue weighted by molar-refractivity contribution is 6.37. The molecule has 1 heterocycles. The topological polar surface area (TPSA) is 61.8 Å². The second-order valence-corrected chi connectivity index (χ2v) is 6.56. The molecule has 0 aliphatic carbocycles. The van der Waals surface area contributed by atoms with Gasteiger partial charge in [-0.25, -0.2) is 4.79 Å². The zero-order chi connectivity index (χ0) is 19.6. The molecule has 0 bridgehead atoms. The highest BCUT2D eigenvalue weighted by Crippen LogP contribution is 2.36. The van der Waals surface area contributed by atoms with Crippen LogP contribution in [0.4, 0.5) is 0 Å². The van der Waals surface area contributed by atoms with Crippen molar-refractivity contribution in [1.82, 2.24) is 0 Å². The summed E-state index contributed by atoms with van der Waals surface area (Å²) in [7, 11) is 0. The minimum absolute atomic E-state index is 0.107. The molecule has 0 saturated heterocycles. The smallest absolute Gasteiger partial charge is 0.347 e. The first-order chi connectivity index (χ1) is 12.9. The third-order valence-corrected chi connectivity index (χ3v) is 4.51. The Bertz CT molecular complexity index is 916. The van der Waals surface area contributed by atoms with Crippen molar-refractivity contribution in [2.24, 2.45) is 0 Å². The van der Waals surface area contributed by atoms with E-state index in [-0.39, 0.29) is 18.1 Å². The number of benzene rings is 2. The molecule has 0 fully saturated rings. The fourth-order valence-electron chi connectivity index (χ4n) is 2.53. The number of halogens is 2. The molecule has 2 aromatic rings. The molecule has 140 valence electrons. The van der Waals surface area contributed by atoms with Crippen LogP contribution in [0, 0.1) is 0 Å². The lowest BCUT2D eigenvalue weighted by molar-refractivity contribution is -0.150. The molecule has 0 spiro atoms. The van der Waals surface area contributed by atoms with Crippen molar-refractivity contribution in [3.8, 4) is 11.5 Å². The first kappa shape index (κ1) is 19.3. The van der Waals surface area contributed by atoms with E-state index in [1.54, 1.807) is 50.2 Å². The highest BCUT2D eigenvalue weighted by Gasteiger charge is 2.29. The van der Waals surface area contributed by atoms with E-state index in [9.17, 15) is 9.59 Å². The van der Waals surface area contributed by atoms with Gasteiger partial charge in [0.15, 0.2) is 11.9 Å². The van der Waals surface area contributed by atoms with E-state index < -0.39 is 12.1 Å². The van der Waals surface area contributed by atoms with Gasteiger partial charge in [-0.3, -0.25) is 4.79 Å². The third-order valence-electron chi connectivity index (χ3n) is 3.85. The number of allylic oxidation sites excluding steroid dienone is 1. The van der Waals surface area contributed by atoms with Gasteiger partial charge in [-0.05, 0) is 44.2 Å². The summed E-state index contributed by atoms with van der Waals surface area (Å²) in [6.07, 6.45) is 0.728. The second kappa shape index (κ2) is 8.03. The number of carbonyl (C=O) groups is 2. The molecule has 2 aromatic carbocycles. The Morgan fingerprint density at radius 1 is 1.22 bits per heavy atom. The first-order valence-corrected chi connectivity index (χ1v) is 9.02. The van der Waals surface area contributed by atoms with Crippen molar-refractivity contribution in [2.75, 3.05) is 6.61 Å². The quantitative estimate of drug-likeness (QED) is 0.519. The van der Waals surface area contributed by atoms with E-state index in [1.165, 1.54) is 6.08 Å². The van der Waals surface area contributed by atoms with Gasteiger partial charge in [0, 0.05) is 21.7 Å². The molecule has 0 N–H and O–H groups in total. The van der Waals surface area contributed by atoms with Crippen molar-refractivity contribution >= 4 is 41.0 Å². The molecule has 7 heteroatoms. The Labute approximate surface area is 166 Å². The van der Waals surface area contributed by atoms with Gasteiger partial charge in [-0.2, -0.15) is 0 Å². The van der Waals surface area contributed by atoms with Gasteiger partial charge in [0.25, 0.3) is 0 Å². The number of ketones is 1. The van der Waals surface area contributed by atoms with Crippen molar-refractivity contribution in [1.29, 1.82) is 0 Å². The summed E-state index contributed by atoms with van der Waals surface area (Å²) in [6, 6.07) is 9.80. The standard InChI is InChI=1S/C20H16Cl2O5/c1-3-25-20(24)11(2)26-12-7-8-13-17(9-12)27-18(19(13)23)10-14-15(21)5-4-6-16(14)22/h4-11H,3H2,1-2H3/b18-10+/t11-/m0/s1. The Morgan fingerprint density at radius 2 is 1.93 bits per heavy atom. The number of esters is 1. The predicted octanol–water partition coefficient (Wildman–Crippen LogP) is 4.94. The summed E-state index contributed by atoms with van der Waals surface area (Å²) in [6.45, 7) is 3.58. The third kappa shape index (κ3) is 4.10. The molecule has 0 radical (unpaired) electrons. The van der Waals surface area contributed by atoms with Crippen LogP contribution in [0.25, 0.3) is 6.08 Å². The lowest BCUT2D eigenvalue weighted by atomic mass is 10.1. The molecular formula is C20H16Cl2O5. The van der Waals surface area contributed by atoms with Crippen LogP contribution in [-0.4, -0.2) is 24.5 Å². The highest BCUT2D eigenvalue weighted by atomic mass is 35.5. The normalized spacial score (nSPS) is 15.3. The van der Waals surface area contributed by atoms with Gasteiger partial charge in [0.2, 0.25) is 5.78 Å². The maximum Gasteiger partial charge on any atom is 0.347 e. The number of hydrogen-bond donors (Lipinski definition) is 0. The Kier molecular flexibility index (Phi) is 5.73. The van der Waals surface area contributed by atoms with Gasteiger partial charge in [-0.15, -0.1) is 0 Å². The summed E-state index contributed by atoms with van der Waals surface area (Å²) in [5.41, 5.74) is 0.893. The lowest BCUT2D eigenvalue weighted by Crippen LogP contribution is -2.26. The van der Waals surface area contributed by atoms with Gasteiger partial charge in [0.05, 0.1) is 12.2 Å². The minimum Gasteiger partial charge on any atom is -0.479 e. The van der Waals surface area contributed by atoms with Crippen LogP contribution in [0.15, 0.2) is 42.2 Å². The maximum atomic E-state index is 12.6. The van der Waals surface area contributed by atoms with Crippen LogP contribution >= 0.6 is 23.2 Å².